The van der Waals surface area contributed by atoms with Gasteiger partial charge in [-0.3, -0.25) is 19.4 Å². The Morgan fingerprint density at radius 1 is 0.735 bits per heavy atom. The Hall–Kier alpha value is -3.64. The molecule has 0 radical (unpaired) electrons. The van der Waals surface area contributed by atoms with Crippen LogP contribution >= 0.6 is 0 Å². The SMILES string of the molecule is O=C(O)C(F)(F)F.O=C(O)CN(CCN(Cc1ccccc1)Cc1ccccc1O)CC(=O)O. The number of aliphatic carboxylic acids is 3. The average Bonchev–Trinajstić information content (AvgIpc) is 2.73. The van der Waals surface area contributed by atoms with E-state index in [9.17, 15) is 27.9 Å². The van der Waals surface area contributed by atoms with Gasteiger partial charge < -0.3 is 20.4 Å². The third-order valence-corrected chi connectivity index (χ3v) is 4.33. The number of carbonyl (C=O) groups is 3. The van der Waals surface area contributed by atoms with Crippen molar-refractivity contribution in [2.24, 2.45) is 0 Å². The molecule has 12 heteroatoms. The molecule has 0 bridgehead atoms. The van der Waals surface area contributed by atoms with Crippen LogP contribution in [-0.4, -0.2) is 80.5 Å². The zero-order valence-electron chi connectivity index (χ0n) is 18.0. The lowest BCUT2D eigenvalue weighted by molar-refractivity contribution is -0.192. The zero-order chi connectivity index (χ0) is 25.7. The van der Waals surface area contributed by atoms with Crippen LogP contribution in [0.4, 0.5) is 13.2 Å². The fraction of sp³-hybridized carbons (Fsp3) is 0.318. The highest BCUT2D eigenvalue weighted by Gasteiger charge is 2.38. The maximum absolute atomic E-state index is 11.0. The molecule has 186 valence electrons. The number of carboxylic acid groups (broad SMARTS) is 3. The summed E-state index contributed by atoms with van der Waals surface area (Å²) in [6.07, 6.45) is -5.08. The first-order chi connectivity index (χ1) is 15.9. The second kappa shape index (κ2) is 13.8. The van der Waals surface area contributed by atoms with E-state index in [0.29, 0.717) is 26.2 Å². The zero-order valence-corrected chi connectivity index (χ0v) is 18.0. The highest BCUT2D eigenvalue weighted by atomic mass is 19.4. The van der Waals surface area contributed by atoms with E-state index in [1.54, 1.807) is 12.1 Å². The van der Waals surface area contributed by atoms with Crippen molar-refractivity contribution in [3.8, 4) is 5.75 Å². The van der Waals surface area contributed by atoms with Crippen LogP contribution in [-0.2, 0) is 27.5 Å². The molecule has 0 aliphatic rings. The van der Waals surface area contributed by atoms with Gasteiger partial charge >= 0.3 is 24.1 Å². The summed E-state index contributed by atoms with van der Waals surface area (Å²) in [4.78, 5) is 34.3. The second-order valence-corrected chi connectivity index (χ2v) is 7.13. The van der Waals surface area contributed by atoms with Crippen LogP contribution in [0, 0.1) is 0 Å². The largest absolute Gasteiger partial charge is 0.508 e. The van der Waals surface area contributed by atoms with E-state index in [1.165, 1.54) is 4.90 Å². The Labute approximate surface area is 193 Å². The minimum absolute atomic E-state index is 0.198. The van der Waals surface area contributed by atoms with Crippen molar-refractivity contribution in [2.75, 3.05) is 26.2 Å². The first-order valence-corrected chi connectivity index (χ1v) is 9.87. The van der Waals surface area contributed by atoms with Gasteiger partial charge in [-0.25, -0.2) is 4.79 Å². The molecule has 0 unspecified atom stereocenters. The summed E-state index contributed by atoms with van der Waals surface area (Å²) >= 11 is 0. The lowest BCUT2D eigenvalue weighted by Gasteiger charge is -2.26. The van der Waals surface area contributed by atoms with Gasteiger partial charge in [0.2, 0.25) is 0 Å². The van der Waals surface area contributed by atoms with Gasteiger partial charge in [-0.15, -0.1) is 0 Å². The van der Waals surface area contributed by atoms with E-state index < -0.39 is 24.1 Å². The van der Waals surface area contributed by atoms with Crippen molar-refractivity contribution in [2.45, 2.75) is 19.3 Å². The van der Waals surface area contributed by atoms with Crippen LogP contribution in [0.1, 0.15) is 11.1 Å². The van der Waals surface area contributed by atoms with Crippen molar-refractivity contribution in [1.29, 1.82) is 0 Å². The quantitative estimate of drug-likeness (QED) is 0.377. The topological polar surface area (TPSA) is 139 Å². The Balaban J connectivity index is 0.000000718. The molecule has 0 spiro atoms. The molecule has 0 aliphatic heterocycles. The standard InChI is InChI=1S/C20H24N2O5.C2HF3O2/c23-18-9-5-4-8-17(18)13-21(12-16-6-2-1-3-7-16)10-11-22(14-19(24)25)15-20(26)27;3-2(4,5)1(6)7/h1-9,23H,10-15H2,(H,24,25)(H,26,27);(H,6,7). The molecule has 0 heterocycles. The lowest BCUT2D eigenvalue weighted by Crippen LogP contribution is -2.40. The molecule has 0 aromatic heterocycles. The van der Waals surface area contributed by atoms with Gasteiger partial charge in [0.15, 0.2) is 0 Å². The van der Waals surface area contributed by atoms with Gasteiger partial charge in [0, 0.05) is 31.7 Å². The fourth-order valence-electron chi connectivity index (χ4n) is 2.82. The highest BCUT2D eigenvalue weighted by molar-refractivity contribution is 5.73. The summed E-state index contributed by atoms with van der Waals surface area (Å²) in [7, 11) is 0. The van der Waals surface area contributed by atoms with Crippen LogP contribution in [0.25, 0.3) is 0 Å². The van der Waals surface area contributed by atoms with Crippen molar-refractivity contribution in [3.63, 3.8) is 0 Å². The minimum Gasteiger partial charge on any atom is -0.508 e. The molecule has 0 saturated heterocycles. The molecule has 0 saturated carbocycles. The number of rotatable bonds is 11. The monoisotopic (exact) mass is 486 g/mol. The number of halogens is 3. The van der Waals surface area contributed by atoms with Crippen LogP contribution in [0.2, 0.25) is 0 Å². The molecule has 2 rings (SSSR count). The number of benzene rings is 2. The van der Waals surface area contributed by atoms with Gasteiger partial charge in [0.05, 0.1) is 13.1 Å². The Kier molecular flexibility index (Phi) is 11.5. The number of aromatic hydroxyl groups is 1. The molecular weight excluding hydrogens is 461 g/mol. The number of alkyl halides is 3. The van der Waals surface area contributed by atoms with Crippen molar-refractivity contribution in [3.05, 3.63) is 65.7 Å². The summed E-state index contributed by atoms with van der Waals surface area (Å²) in [5, 5.41) is 35.1. The van der Waals surface area contributed by atoms with E-state index >= 15 is 0 Å². The first-order valence-electron chi connectivity index (χ1n) is 9.87. The van der Waals surface area contributed by atoms with Crippen LogP contribution in [0.5, 0.6) is 5.75 Å². The summed E-state index contributed by atoms with van der Waals surface area (Å²) in [5.74, 6) is -4.69. The minimum atomic E-state index is -5.08. The van der Waals surface area contributed by atoms with E-state index in [2.05, 4.69) is 4.90 Å². The van der Waals surface area contributed by atoms with Crippen molar-refractivity contribution >= 4 is 17.9 Å². The molecule has 4 N–H and O–H groups in total. The second-order valence-electron chi connectivity index (χ2n) is 7.13. The number of nitrogens with zero attached hydrogens (tertiary/aromatic N) is 2. The predicted octanol–water partition coefficient (Wildman–Crippen LogP) is 2.50. The van der Waals surface area contributed by atoms with Gasteiger partial charge in [-0.1, -0.05) is 48.5 Å². The number of hydrogen-bond acceptors (Lipinski definition) is 6. The number of phenols is 1. The average molecular weight is 486 g/mol. The Bertz CT molecular complexity index is 924. The summed E-state index contributed by atoms with van der Waals surface area (Å²) < 4.78 is 31.7. The van der Waals surface area contributed by atoms with E-state index in [0.717, 1.165) is 11.1 Å². The fourth-order valence-corrected chi connectivity index (χ4v) is 2.82. The Morgan fingerprint density at radius 3 is 1.68 bits per heavy atom. The smallest absolute Gasteiger partial charge is 0.490 e. The van der Waals surface area contributed by atoms with Crippen molar-refractivity contribution < 1.29 is 48.0 Å². The van der Waals surface area contributed by atoms with Crippen LogP contribution in [0.15, 0.2) is 54.6 Å². The predicted molar refractivity (Wildman–Crippen MR) is 114 cm³/mol. The normalized spacial score (nSPS) is 11.1. The maximum atomic E-state index is 11.0. The molecule has 0 amide bonds. The molecule has 34 heavy (non-hydrogen) atoms. The summed E-state index contributed by atoms with van der Waals surface area (Å²) in [6, 6.07) is 16.8. The lowest BCUT2D eigenvalue weighted by atomic mass is 10.1. The third-order valence-electron chi connectivity index (χ3n) is 4.33. The molecular formula is C22H25F3N2O7. The van der Waals surface area contributed by atoms with Crippen LogP contribution in [0.3, 0.4) is 0 Å². The van der Waals surface area contributed by atoms with Gasteiger partial charge in [-0.2, -0.15) is 13.2 Å². The van der Waals surface area contributed by atoms with Gasteiger partial charge in [0.25, 0.3) is 0 Å². The number of carboxylic acids is 3. The van der Waals surface area contributed by atoms with E-state index in [1.807, 2.05) is 42.5 Å². The molecule has 0 fully saturated rings. The third kappa shape index (κ3) is 11.8. The van der Waals surface area contributed by atoms with E-state index in [-0.39, 0.29) is 18.8 Å². The maximum Gasteiger partial charge on any atom is 0.490 e. The molecule has 2 aromatic carbocycles. The van der Waals surface area contributed by atoms with Gasteiger partial charge in [-0.05, 0) is 11.6 Å². The molecule has 0 aliphatic carbocycles. The number of para-hydroxylation sites is 1. The molecule has 0 atom stereocenters. The number of hydrogen-bond donors (Lipinski definition) is 4. The van der Waals surface area contributed by atoms with Crippen LogP contribution < -0.4 is 0 Å². The number of phenolic OH excluding ortho intramolecular Hbond substituents is 1. The summed E-state index contributed by atoms with van der Waals surface area (Å²) in [6.45, 7) is 1.16. The Morgan fingerprint density at radius 2 is 1.21 bits per heavy atom. The molecule has 2 aromatic rings. The molecule has 9 nitrogen and oxygen atoms in total. The van der Waals surface area contributed by atoms with Crippen molar-refractivity contribution in [1.82, 2.24) is 9.80 Å². The highest BCUT2D eigenvalue weighted by Crippen LogP contribution is 2.19. The summed E-state index contributed by atoms with van der Waals surface area (Å²) in [5.41, 5.74) is 1.84. The van der Waals surface area contributed by atoms with E-state index in [4.69, 9.17) is 20.1 Å². The first kappa shape index (κ1) is 28.4. The van der Waals surface area contributed by atoms with Gasteiger partial charge in [0.1, 0.15) is 5.75 Å².